The van der Waals surface area contributed by atoms with E-state index in [0.29, 0.717) is 0 Å². The van der Waals surface area contributed by atoms with Crippen LogP contribution in [0.3, 0.4) is 0 Å². The zero-order chi connectivity index (χ0) is 42.3. The summed E-state index contributed by atoms with van der Waals surface area (Å²) in [6, 6.07) is 11.6. The molecule has 0 saturated heterocycles. The third-order valence-electron chi connectivity index (χ3n) is 13.0. The van der Waals surface area contributed by atoms with Gasteiger partial charge in [0.1, 0.15) is 6.54 Å². The van der Waals surface area contributed by atoms with Crippen molar-refractivity contribution in [3.8, 4) is 0 Å². The number of quaternary nitrogens is 1. The van der Waals surface area contributed by atoms with Crippen LogP contribution in [0.15, 0.2) is 66.8 Å². The normalized spacial score (nSPS) is 12.3. The average molecular weight is 817 g/mol. The molecule has 0 aliphatic carbocycles. The fourth-order valence-electron chi connectivity index (χ4n) is 9.10. The summed E-state index contributed by atoms with van der Waals surface area (Å²) in [7, 11) is 0. The van der Waals surface area contributed by atoms with Crippen molar-refractivity contribution in [2.45, 2.75) is 278 Å². The largest absolute Gasteiger partial charge is 0.320 e. The maximum atomic E-state index is 2.47. The number of hydrogen-bond acceptors (Lipinski definition) is 0. The zero-order valence-electron chi connectivity index (χ0n) is 40.7. The molecule has 0 aliphatic heterocycles. The summed E-state index contributed by atoms with van der Waals surface area (Å²) in [5.41, 5.74) is 1.56. The maximum Gasteiger partial charge on any atom is 0.104 e. The molecule has 0 bridgehead atoms. The molecule has 0 aliphatic rings. The Morgan fingerprint density at radius 1 is 0.288 bits per heavy atom. The first-order valence-electron chi connectivity index (χ1n) is 27.1. The standard InChI is InChI=1S/C58H106N/c1-4-7-10-13-16-19-22-25-28-31-34-37-40-43-49-54-59(57-58-52-47-46-48-53-58,55-50-44-41-38-35-32-29-26-23-20-17-14-11-8-5-2)56-51-45-42-39-36-33-30-27-24-21-18-15-12-9-6-3/h22-27,46-48,52-53H,4-21,28-45,49-51,54-57H2,1-3H3/q+1/b25-22+,26-23+,27-24+. The molecule has 0 heterocycles. The predicted octanol–water partition coefficient (Wildman–Crippen LogP) is 19.9. The average Bonchev–Trinajstić information content (AvgIpc) is 3.25. The summed E-state index contributed by atoms with van der Waals surface area (Å²) in [5, 5.41) is 0. The van der Waals surface area contributed by atoms with Crippen molar-refractivity contribution < 1.29 is 4.48 Å². The fraction of sp³-hybridized carbons (Fsp3) is 0.793. The number of hydrogen-bond donors (Lipinski definition) is 0. The Morgan fingerprint density at radius 3 is 0.797 bits per heavy atom. The summed E-state index contributed by atoms with van der Waals surface area (Å²) in [4.78, 5) is 0. The monoisotopic (exact) mass is 817 g/mol. The number of benzene rings is 1. The first kappa shape index (κ1) is 55.4. The number of rotatable bonds is 47. The summed E-state index contributed by atoms with van der Waals surface area (Å²) < 4.78 is 1.33. The van der Waals surface area contributed by atoms with Crippen LogP contribution in [-0.4, -0.2) is 24.1 Å². The Labute approximate surface area is 372 Å². The van der Waals surface area contributed by atoms with E-state index >= 15 is 0 Å². The second kappa shape index (κ2) is 45.9. The SMILES string of the molecule is CCCCCCC/C=C/CCCCCCCC[N+](CCCCCCCC/C=C/CCCCCCC)(CCCCCCCC/C=C/CCCCCCC)Cc1ccccc1. The second-order valence-corrected chi connectivity index (χ2v) is 18.9. The molecule has 0 fully saturated rings. The van der Waals surface area contributed by atoms with E-state index in [1.807, 2.05) is 0 Å². The van der Waals surface area contributed by atoms with E-state index in [1.165, 1.54) is 281 Å². The van der Waals surface area contributed by atoms with E-state index in [4.69, 9.17) is 0 Å². The third-order valence-corrected chi connectivity index (χ3v) is 13.0. The highest BCUT2D eigenvalue weighted by molar-refractivity contribution is 5.13. The van der Waals surface area contributed by atoms with Gasteiger partial charge < -0.3 is 4.48 Å². The highest BCUT2D eigenvalue weighted by atomic mass is 15.3. The van der Waals surface area contributed by atoms with Crippen molar-refractivity contribution in [1.29, 1.82) is 0 Å². The summed E-state index contributed by atoms with van der Waals surface area (Å²) >= 11 is 0. The van der Waals surface area contributed by atoms with Gasteiger partial charge in [0, 0.05) is 5.56 Å². The van der Waals surface area contributed by atoms with E-state index in [9.17, 15) is 0 Å². The van der Waals surface area contributed by atoms with Crippen molar-refractivity contribution in [1.82, 2.24) is 0 Å². The Hall–Kier alpha value is -1.60. The predicted molar refractivity (Wildman–Crippen MR) is 270 cm³/mol. The molecule has 0 saturated carbocycles. The highest BCUT2D eigenvalue weighted by Gasteiger charge is 2.26. The van der Waals surface area contributed by atoms with Crippen LogP contribution in [0.1, 0.15) is 277 Å². The molecule has 0 spiro atoms. The molecule has 1 aromatic rings. The number of nitrogens with zero attached hydrogens (tertiary/aromatic N) is 1. The van der Waals surface area contributed by atoms with Crippen molar-refractivity contribution >= 4 is 0 Å². The molecule has 0 aromatic heterocycles. The Balaban J connectivity index is 2.53. The van der Waals surface area contributed by atoms with Gasteiger partial charge in [-0.25, -0.2) is 0 Å². The lowest BCUT2D eigenvalue weighted by molar-refractivity contribution is -0.941. The third kappa shape index (κ3) is 39.0. The van der Waals surface area contributed by atoms with Crippen LogP contribution in [0.25, 0.3) is 0 Å². The lowest BCUT2D eigenvalue weighted by Crippen LogP contribution is -2.49. The maximum absolute atomic E-state index is 2.47. The molecule has 59 heavy (non-hydrogen) atoms. The van der Waals surface area contributed by atoms with Crippen molar-refractivity contribution in [2.75, 3.05) is 19.6 Å². The quantitative estimate of drug-likeness (QED) is 0.0349. The Morgan fingerprint density at radius 2 is 0.525 bits per heavy atom. The van der Waals surface area contributed by atoms with Gasteiger partial charge in [0.25, 0.3) is 0 Å². The first-order valence-corrected chi connectivity index (χ1v) is 27.1. The van der Waals surface area contributed by atoms with E-state index in [1.54, 1.807) is 5.56 Å². The molecule has 0 unspecified atom stereocenters. The van der Waals surface area contributed by atoms with Crippen molar-refractivity contribution in [3.05, 3.63) is 72.4 Å². The lowest BCUT2D eigenvalue weighted by atomic mass is 10.0. The van der Waals surface area contributed by atoms with Gasteiger partial charge >= 0.3 is 0 Å². The van der Waals surface area contributed by atoms with E-state index in [-0.39, 0.29) is 0 Å². The molecule has 0 N–H and O–H groups in total. The van der Waals surface area contributed by atoms with Gasteiger partial charge in [0.05, 0.1) is 19.6 Å². The topological polar surface area (TPSA) is 0 Å². The molecule has 1 rings (SSSR count). The van der Waals surface area contributed by atoms with Crippen LogP contribution in [0, 0.1) is 0 Å². The van der Waals surface area contributed by atoms with Crippen molar-refractivity contribution in [2.24, 2.45) is 0 Å². The molecular weight excluding hydrogens is 711 g/mol. The summed E-state index contributed by atoms with van der Waals surface area (Å²) in [6.07, 6.45) is 68.9. The van der Waals surface area contributed by atoms with Gasteiger partial charge in [0.15, 0.2) is 0 Å². The first-order chi connectivity index (χ1) is 29.3. The van der Waals surface area contributed by atoms with Gasteiger partial charge in [0.2, 0.25) is 0 Å². The van der Waals surface area contributed by atoms with Gasteiger partial charge in [-0.1, -0.05) is 222 Å². The zero-order valence-corrected chi connectivity index (χ0v) is 40.7. The Bertz CT molecular complexity index is 921. The Kier molecular flexibility index (Phi) is 43.1. The molecule has 1 aromatic carbocycles. The van der Waals surface area contributed by atoms with E-state index in [0.717, 1.165) is 0 Å². The summed E-state index contributed by atoms with van der Waals surface area (Å²) in [5.74, 6) is 0. The van der Waals surface area contributed by atoms with Crippen LogP contribution in [0.4, 0.5) is 0 Å². The van der Waals surface area contributed by atoms with E-state index < -0.39 is 0 Å². The van der Waals surface area contributed by atoms with Gasteiger partial charge in [-0.2, -0.15) is 0 Å². The van der Waals surface area contributed by atoms with Gasteiger partial charge in [-0.15, -0.1) is 0 Å². The van der Waals surface area contributed by atoms with Crippen molar-refractivity contribution in [3.63, 3.8) is 0 Å². The van der Waals surface area contributed by atoms with Crippen LogP contribution >= 0.6 is 0 Å². The molecule has 342 valence electrons. The molecule has 0 radical (unpaired) electrons. The molecule has 0 atom stereocenters. The van der Waals surface area contributed by atoms with Crippen LogP contribution in [0.5, 0.6) is 0 Å². The summed E-state index contributed by atoms with van der Waals surface area (Å²) in [6.45, 7) is 12.3. The van der Waals surface area contributed by atoms with Crippen LogP contribution in [0.2, 0.25) is 0 Å². The number of allylic oxidation sites excluding steroid dienone is 6. The number of unbranched alkanes of at least 4 members (excludes halogenated alkanes) is 33. The lowest BCUT2D eigenvalue weighted by Gasteiger charge is -2.39. The second-order valence-electron chi connectivity index (χ2n) is 18.9. The molecule has 1 nitrogen and oxygen atoms in total. The van der Waals surface area contributed by atoms with Crippen LogP contribution in [-0.2, 0) is 6.54 Å². The molecule has 0 amide bonds. The van der Waals surface area contributed by atoms with Gasteiger partial charge in [-0.05, 0) is 116 Å². The van der Waals surface area contributed by atoms with Gasteiger partial charge in [-0.3, -0.25) is 0 Å². The minimum atomic E-state index is 1.24. The van der Waals surface area contributed by atoms with E-state index in [2.05, 4.69) is 87.6 Å². The fourth-order valence-corrected chi connectivity index (χ4v) is 9.10. The minimum absolute atomic E-state index is 1.24. The molecule has 1 heteroatoms. The van der Waals surface area contributed by atoms with Crippen LogP contribution < -0.4 is 0 Å². The minimum Gasteiger partial charge on any atom is -0.320 e. The highest BCUT2D eigenvalue weighted by Crippen LogP contribution is 2.23. The molecular formula is C58H106N+. The smallest absolute Gasteiger partial charge is 0.104 e.